The number of nitrogens with two attached hydrogens (primary N) is 3. The summed E-state index contributed by atoms with van der Waals surface area (Å²) in [7, 11) is 3.46. The quantitative estimate of drug-likeness (QED) is 0.428. The van der Waals surface area contributed by atoms with Crippen LogP contribution in [0.1, 0.15) is 12.8 Å². The molecule has 6 N–H and O–H groups in total. The molecular weight excluding hydrogens is 238 g/mol. The van der Waals surface area contributed by atoms with Gasteiger partial charge in [0.15, 0.2) is 13.5 Å². The second kappa shape index (κ2) is 3.73. The molecule has 0 saturated carbocycles. The molecule has 0 bridgehead atoms. The Kier molecular flexibility index (Phi) is 2.95. The van der Waals surface area contributed by atoms with Crippen molar-refractivity contribution >= 4 is 8.07 Å². The molecule has 2 aliphatic heterocycles. The Bertz CT molecular complexity index is 312. The molecule has 2 fully saturated rings. The van der Waals surface area contributed by atoms with Crippen LogP contribution in [0.2, 0.25) is 12.1 Å². The minimum absolute atomic E-state index is 0.327. The summed E-state index contributed by atoms with van der Waals surface area (Å²) in [6.45, 7) is 0. The Morgan fingerprint density at radius 1 is 1.06 bits per heavy atom. The highest BCUT2D eigenvalue weighted by molar-refractivity contribution is 7.04. The highest BCUT2D eigenvalue weighted by Crippen LogP contribution is 2.75. The van der Waals surface area contributed by atoms with Crippen LogP contribution in [0.3, 0.4) is 0 Å². The van der Waals surface area contributed by atoms with Crippen molar-refractivity contribution in [2.24, 2.45) is 17.2 Å². The van der Waals surface area contributed by atoms with E-state index in [9.17, 15) is 0 Å². The maximum absolute atomic E-state index is 5.76. The van der Waals surface area contributed by atoms with Crippen molar-refractivity contribution in [3.63, 3.8) is 0 Å². The van der Waals surface area contributed by atoms with Crippen LogP contribution in [0, 0.1) is 0 Å². The molecule has 0 aromatic carbocycles. The van der Waals surface area contributed by atoms with Crippen molar-refractivity contribution < 1.29 is 14.2 Å². The highest BCUT2D eigenvalue weighted by Gasteiger charge is 2.96. The summed E-state index contributed by atoms with van der Waals surface area (Å²) in [6, 6.07) is 2.35. The maximum Gasteiger partial charge on any atom is 0.179 e. The first-order valence-electron chi connectivity index (χ1n) is 5.87. The Morgan fingerprint density at radius 2 is 1.59 bits per heavy atom. The fourth-order valence-electron chi connectivity index (χ4n) is 3.55. The molecule has 2 aliphatic rings. The van der Waals surface area contributed by atoms with Gasteiger partial charge in [-0.2, -0.15) is 0 Å². The summed E-state index contributed by atoms with van der Waals surface area (Å²) in [5, 5.41) is -0.327. The lowest BCUT2D eigenvalue weighted by Gasteiger charge is -2.26. The fraction of sp³-hybridized carbons (Fsp3) is 1.00. The van der Waals surface area contributed by atoms with E-state index in [0.717, 1.165) is 0 Å². The molecule has 2 heterocycles. The van der Waals surface area contributed by atoms with Crippen molar-refractivity contribution in [2.45, 2.75) is 41.4 Å². The SMILES string of the molecule is COC1(CCC(N)(N)N)C(OC)(OC)[Si]12CC2. The van der Waals surface area contributed by atoms with Gasteiger partial charge in [0, 0.05) is 21.3 Å². The largest absolute Gasteiger partial charge is 0.376 e. The molecule has 1 spiro atoms. The van der Waals surface area contributed by atoms with Gasteiger partial charge in [0.05, 0.1) is 0 Å². The van der Waals surface area contributed by atoms with Gasteiger partial charge in [-0.3, -0.25) is 0 Å². The fourth-order valence-corrected chi connectivity index (χ4v) is 10.1. The maximum atomic E-state index is 5.76. The third kappa shape index (κ3) is 1.48. The zero-order valence-corrected chi connectivity index (χ0v) is 11.8. The molecule has 0 aromatic rings. The van der Waals surface area contributed by atoms with Gasteiger partial charge in [-0.05, 0) is 12.8 Å². The summed E-state index contributed by atoms with van der Waals surface area (Å²) in [5.74, 6) is -1.16. The van der Waals surface area contributed by atoms with E-state index in [1.807, 2.05) is 0 Å². The van der Waals surface area contributed by atoms with Gasteiger partial charge in [-0.25, -0.2) is 0 Å². The second-order valence-electron chi connectivity index (χ2n) is 5.25. The van der Waals surface area contributed by atoms with Crippen molar-refractivity contribution in [2.75, 3.05) is 21.3 Å². The molecule has 17 heavy (non-hydrogen) atoms. The lowest BCUT2D eigenvalue weighted by atomic mass is 10.1. The molecule has 100 valence electrons. The van der Waals surface area contributed by atoms with Crippen molar-refractivity contribution in [3.8, 4) is 0 Å². The van der Waals surface area contributed by atoms with Gasteiger partial charge < -0.3 is 31.4 Å². The minimum atomic E-state index is -1.60. The molecule has 0 aliphatic carbocycles. The van der Waals surface area contributed by atoms with E-state index in [-0.39, 0.29) is 5.22 Å². The van der Waals surface area contributed by atoms with Crippen LogP contribution < -0.4 is 17.2 Å². The standard InChI is InChI=1S/C10H23N3O3Si/c1-14-8(4-5-9(11,12)13)10(15-2,16-3)17(8)6-7-17/h4-7,11-13H2,1-3H3. The van der Waals surface area contributed by atoms with E-state index >= 15 is 0 Å². The second-order valence-corrected chi connectivity index (χ2v) is 9.88. The third-order valence-corrected chi connectivity index (χ3v) is 10.1. The lowest BCUT2D eigenvalue weighted by Crippen LogP contribution is -2.58. The normalized spacial score (nSPS) is 32.8. The first-order chi connectivity index (χ1) is 7.85. The predicted octanol–water partition coefficient (Wildman–Crippen LogP) is -0.775. The lowest BCUT2D eigenvalue weighted by molar-refractivity contribution is -0.178. The van der Waals surface area contributed by atoms with Gasteiger partial charge in [0.1, 0.15) is 11.0 Å². The van der Waals surface area contributed by atoms with E-state index in [4.69, 9.17) is 31.4 Å². The van der Waals surface area contributed by atoms with Crippen LogP contribution >= 0.6 is 0 Å². The smallest absolute Gasteiger partial charge is 0.179 e. The predicted molar refractivity (Wildman–Crippen MR) is 66.4 cm³/mol. The molecular formula is C10H23N3O3Si. The van der Waals surface area contributed by atoms with Crippen molar-refractivity contribution in [1.29, 1.82) is 0 Å². The number of ether oxygens (including phenoxy) is 3. The number of hydrogen-bond acceptors (Lipinski definition) is 6. The minimum Gasteiger partial charge on any atom is -0.376 e. The average molecular weight is 261 g/mol. The highest BCUT2D eigenvalue weighted by atomic mass is 28.3. The summed E-state index contributed by atoms with van der Waals surface area (Å²) >= 11 is 0. The van der Waals surface area contributed by atoms with Gasteiger partial charge >= 0.3 is 0 Å². The molecule has 0 amide bonds. The average Bonchev–Trinajstić information content (AvgIpc) is 3.13. The van der Waals surface area contributed by atoms with Crippen LogP contribution in [0.25, 0.3) is 0 Å². The topological polar surface area (TPSA) is 106 Å². The van der Waals surface area contributed by atoms with Crippen LogP contribution in [-0.4, -0.2) is 45.8 Å². The van der Waals surface area contributed by atoms with Gasteiger partial charge in [-0.15, -0.1) is 0 Å². The van der Waals surface area contributed by atoms with E-state index in [0.29, 0.717) is 12.8 Å². The summed E-state index contributed by atoms with van der Waals surface area (Å²) in [5.41, 5.74) is 16.4. The third-order valence-electron chi connectivity index (χ3n) is 4.46. The van der Waals surface area contributed by atoms with Crippen molar-refractivity contribution in [3.05, 3.63) is 0 Å². The van der Waals surface area contributed by atoms with E-state index in [1.54, 1.807) is 21.3 Å². The molecule has 1 atom stereocenters. The molecule has 2 saturated heterocycles. The molecule has 0 radical (unpaired) electrons. The van der Waals surface area contributed by atoms with E-state index < -0.39 is 19.3 Å². The monoisotopic (exact) mass is 261 g/mol. The molecule has 0 aromatic heterocycles. The first kappa shape index (κ1) is 13.4. The molecule has 6 nitrogen and oxygen atoms in total. The van der Waals surface area contributed by atoms with Gasteiger partial charge in [0.25, 0.3) is 0 Å². The van der Waals surface area contributed by atoms with Gasteiger partial charge in [0.2, 0.25) is 0 Å². The number of hydrogen-bond donors (Lipinski definition) is 3. The van der Waals surface area contributed by atoms with Crippen molar-refractivity contribution in [1.82, 2.24) is 0 Å². The molecule has 2 rings (SSSR count). The zero-order chi connectivity index (χ0) is 12.9. The van der Waals surface area contributed by atoms with Crippen LogP contribution in [-0.2, 0) is 14.2 Å². The summed E-state index contributed by atoms with van der Waals surface area (Å²) < 4.78 is 17.0. The Balaban J connectivity index is 2.17. The first-order valence-corrected chi connectivity index (χ1v) is 8.28. The zero-order valence-electron chi connectivity index (χ0n) is 10.8. The van der Waals surface area contributed by atoms with Gasteiger partial charge in [-0.1, -0.05) is 12.1 Å². The number of methoxy groups -OCH3 is 3. The summed E-state index contributed by atoms with van der Waals surface area (Å²) in [6.07, 6.45) is 1.19. The number of rotatable bonds is 6. The Hall–Kier alpha value is -0.0231. The molecule has 1 unspecified atom stereocenters. The van der Waals surface area contributed by atoms with Crippen LogP contribution in [0.5, 0.6) is 0 Å². The van der Waals surface area contributed by atoms with E-state index in [1.165, 1.54) is 12.1 Å². The van der Waals surface area contributed by atoms with Crippen LogP contribution in [0.4, 0.5) is 0 Å². The Labute approximate surface area is 103 Å². The van der Waals surface area contributed by atoms with Crippen LogP contribution in [0.15, 0.2) is 0 Å². The molecule has 7 heteroatoms. The van der Waals surface area contributed by atoms with E-state index in [2.05, 4.69) is 0 Å². The summed E-state index contributed by atoms with van der Waals surface area (Å²) in [4.78, 5) is 0. The Morgan fingerprint density at radius 3 is 1.82 bits per heavy atom.